The van der Waals surface area contributed by atoms with Gasteiger partial charge in [-0.25, -0.2) is 8.42 Å². The van der Waals surface area contributed by atoms with Crippen LogP contribution in [0.25, 0.3) is 0 Å². The zero-order valence-corrected chi connectivity index (χ0v) is 11.2. The van der Waals surface area contributed by atoms with Crippen LogP contribution in [0.15, 0.2) is 11.1 Å². The number of hydrogen-bond donors (Lipinski definition) is 1. The Labute approximate surface area is 106 Å². The molecule has 100 valence electrons. The number of methoxy groups -OCH3 is 1. The van der Waals surface area contributed by atoms with Crippen LogP contribution in [-0.4, -0.2) is 49.7 Å². The summed E-state index contributed by atoms with van der Waals surface area (Å²) in [7, 11) is -2.13. The van der Waals surface area contributed by atoms with Gasteiger partial charge in [-0.15, -0.1) is 0 Å². The molecule has 0 aromatic carbocycles. The van der Waals surface area contributed by atoms with Crippen molar-refractivity contribution in [2.24, 2.45) is 0 Å². The second-order valence-electron chi connectivity index (χ2n) is 3.66. The molecule has 1 N–H and O–H groups in total. The normalized spacial score (nSPS) is 11.7. The van der Waals surface area contributed by atoms with Crippen molar-refractivity contribution in [3.63, 3.8) is 0 Å². The lowest BCUT2D eigenvalue weighted by atomic mass is 10.4. The molecule has 0 atom stereocenters. The Morgan fingerprint density at radius 3 is 2.78 bits per heavy atom. The van der Waals surface area contributed by atoms with Gasteiger partial charge in [-0.2, -0.15) is 14.7 Å². The highest BCUT2D eigenvalue weighted by atomic mass is 32.2. The number of ether oxygens (including phenoxy) is 1. The summed E-state index contributed by atoms with van der Waals surface area (Å²) in [6.07, 6.45) is 1.41. The number of nitrogens with one attached hydrogen (secondary N) is 1. The van der Waals surface area contributed by atoms with Crippen molar-refractivity contribution in [3.05, 3.63) is 11.9 Å². The van der Waals surface area contributed by atoms with Crippen LogP contribution in [0.1, 0.15) is 12.1 Å². The molecule has 7 nitrogen and oxygen atoms in total. The molecule has 18 heavy (non-hydrogen) atoms. The molecule has 8 heteroatoms. The van der Waals surface area contributed by atoms with Gasteiger partial charge in [-0.3, -0.25) is 5.10 Å². The molecule has 0 radical (unpaired) electrons. The maximum absolute atomic E-state index is 12.3. The second kappa shape index (κ2) is 6.49. The number of nitrogens with zero attached hydrogens (tertiary/aromatic N) is 3. The SMILES string of the molecule is COCCN(CCC#N)S(=O)(=O)c1cn[nH]c1C. The van der Waals surface area contributed by atoms with E-state index >= 15 is 0 Å². The predicted octanol–water partition coefficient (Wildman–Crippen LogP) is 0.269. The molecule has 0 fully saturated rings. The molecule has 0 saturated carbocycles. The van der Waals surface area contributed by atoms with E-state index in [1.165, 1.54) is 17.6 Å². The number of aryl methyl sites for hydroxylation is 1. The maximum Gasteiger partial charge on any atom is 0.246 e. The molecule has 1 rings (SSSR count). The van der Waals surface area contributed by atoms with E-state index in [9.17, 15) is 8.42 Å². The van der Waals surface area contributed by atoms with Crippen molar-refractivity contribution in [1.82, 2.24) is 14.5 Å². The van der Waals surface area contributed by atoms with Crippen molar-refractivity contribution in [1.29, 1.82) is 5.26 Å². The molecule has 0 bridgehead atoms. The Morgan fingerprint density at radius 1 is 1.56 bits per heavy atom. The molecule has 0 unspecified atom stereocenters. The van der Waals surface area contributed by atoms with Gasteiger partial charge in [0, 0.05) is 26.6 Å². The quantitative estimate of drug-likeness (QED) is 0.768. The standard InChI is InChI=1S/C10H16N4O3S/c1-9-10(8-12-13-9)18(15,16)14(5-3-4-11)6-7-17-2/h8H,3,5-7H2,1-2H3,(H,12,13). The molecule has 1 aromatic heterocycles. The average Bonchev–Trinajstić information content (AvgIpc) is 2.76. The van der Waals surface area contributed by atoms with Crippen LogP contribution in [0.5, 0.6) is 0 Å². The van der Waals surface area contributed by atoms with Crippen molar-refractivity contribution in [2.75, 3.05) is 26.8 Å². The first kappa shape index (κ1) is 14.6. The van der Waals surface area contributed by atoms with Crippen LogP contribution in [0.2, 0.25) is 0 Å². The molecule has 1 heterocycles. The Bertz CT molecular complexity index is 517. The maximum atomic E-state index is 12.3. The third kappa shape index (κ3) is 3.29. The zero-order chi connectivity index (χ0) is 13.6. The highest BCUT2D eigenvalue weighted by molar-refractivity contribution is 7.89. The molecule has 0 aliphatic carbocycles. The van der Waals surface area contributed by atoms with Crippen molar-refractivity contribution < 1.29 is 13.2 Å². The molecular formula is C10H16N4O3S. The molecule has 0 aliphatic rings. The highest BCUT2D eigenvalue weighted by Crippen LogP contribution is 2.17. The summed E-state index contributed by atoms with van der Waals surface area (Å²) in [5.74, 6) is 0. The van der Waals surface area contributed by atoms with Crippen LogP contribution >= 0.6 is 0 Å². The number of nitriles is 1. The number of hydrogen-bond acceptors (Lipinski definition) is 5. The van der Waals surface area contributed by atoms with Crippen molar-refractivity contribution in [2.45, 2.75) is 18.2 Å². The van der Waals surface area contributed by atoms with Gasteiger partial charge in [0.2, 0.25) is 10.0 Å². The van der Waals surface area contributed by atoms with E-state index in [1.807, 2.05) is 6.07 Å². The summed E-state index contributed by atoms with van der Waals surface area (Å²) in [6, 6.07) is 1.94. The number of aromatic amines is 1. The van der Waals surface area contributed by atoms with E-state index in [-0.39, 0.29) is 31.0 Å². The van der Waals surface area contributed by atoms with Gasteiger partial charge in [0.05, 0.1) is 24.6 Å². The summed E-state index contributed by atoms with van der Waals surface area (Å²) >= 11 is 0. The van der Waals surface area contributed by atoms with E-state index in [1.54, 1.807) is 6.92 Å². The van der Waals surface area contributed by atoms with Gasteiger partial charge in [-0.1, -0.05) is 0 Å². The van der Waals surface area contributed by atoms with Crippen LogP contribution in [0.3, 0.4) is 0 Å². The topological polar surface area (TPSA) is 99.1 Å². The average molecular weight is 272 g/mol. The number of sulfonamides is 1. The third-order valence-electron chi connectivity index (χ3n) is 2.42. The zero-order valence-electron chi connectivity index (χ0n) is 10.4. The summed E-state index contributed by atoms with van der Waals surface area (Å²) in [5.41, 5.74) is 0.481. The number of rotatable bonds is 7. The van der Waals surface area contributed by atoms with Crippen molar-refractivity contribution in [3.8, 4) is 6.07 Å². The fourth-order valence-electron chi connectivity index (χ4n) is 1.46. The molecule has 0 aliphatic heterocycles. The van der Waals surface area contributed by atoms with E-state index < -0.39 is 10.0 Å². The Kier molecular flexibility index (Phi) is 5.27. The minimum atomic E-state index is -3.62. The number of aromatic nitrogens is 2. The summed E-state index contributed by atoms with van der Waals surface area (Å²) < 4.78 is 30.8. The minimum Gasteiger partial charge on any atom is -0.383 e. The smallest absolute Gasteiger partial charge is 0.246 e. The molecule has 1 aromatic rings. The summed E-state index contributed by atoms with van der Waals surface area (Å²) in [4.78, 5) is 0.136. The van der Waals surface area contributed by atoms with E-state index in [0.29, 0.717) is 5.69 Å². The van der Waals surface area contributed by atoms with Gasteiger partial charge >= 0.3 is 0 Å². The van der Waals surface area contributed by atoms with Gasteiger partial charge in [0.15, 0.2) is 0 Å². The van der Waals surface area contributed by atoms with Gasteiger partial charge in [0.25, 0.3) is 0 Å². The Morgan fingerprint density at radius 2 is 2.28 bits per heavy atom. The second-order valence-corrected chi connectivity index (χ2v) is 5.57. The lowest BCUT2D eigenvalue weighted by Gasteiger charge is -2.20. The summed E-state index contributed by atoms with van der Waals surface area (Å²) in [6.45, 7) is 2.28. The first-order valence-electron chi connectivity index (χ1n) is 5.40. The van der Waals surface area contributed by atoms with E-state index in [0.717, 1.165) is 0 Å². The van der Waals surface area contributed by atoms with Crippen LogP contribution in [0, 0.1) is 18.3 Å². The fourth-order valence-corrected chi connectivity index (χ4v) is 3.00. The van der Waals surface area contributed by atoms with E-state index in [4.69, 9.17) is 10.00 Å². The first-order chi connectivity index (χ1) is 8.54. The Hall–Kier alpha value is -1.43. The van der Waals surface area contributed by atoms with Crippen LogP contribution in [0.4, 0.5) is 0 Å². The molecule has 0 saturated heterocycles. The largest absolute Gasteiger partial charge is 0.383 e. The van der Waals surface area contributed by atoms with Crippen LogP contribution in [-0.2, 0) is 14.8 Å². The van der Waals surface area contributed by atoms with Gasteiger partial charge < -0.3 is 4.74 Å². The third-order valence-corrected chi connectivity index (χ3v) is 4.43. The lowest BCUT2D eigenvalue weighted by Crippen LogP contribution is -2.34. The number of H-pyrrole nitrogens is 1. The highest BCUT2D eigenvalue weighted by Gasteiger charge is 2.26. The molecule has 0 spiro atoms. The lowest BCUT2D eigenvalue weighted by molar-refractivity contribution is 0.179. The van der Waals surface area contributed by atoms with Crippen molar-refractivity contribution >= 4 is 10.0 Å². The molecular weight excluding hydrogens is 256 g/mol. The minimum absolute atomic E-state index is 0.136. The summed E-state index contributed by atoms with van der Waals surface area (Å²) in [5, 5.41) is 14.9. The van der Waals surface area contributed by atoms with Gasteiger partial charge in [0.1, 0.15) is 4.90 Å². The van der Waals surface area contributed by atoms with Crippen LogP contribution < -0.4 is 0 Å². The first-order valence-corrected chi connectivity index (χ1v) is 6.84. The predicted molar refractivity (Wildman–Crippen MR) is 64.2 cm³/mol. The van der Waals surface area contributed by atoms with Gasteiger partial charge in [-0.05, 0) is 6.92 Å². The monoisotopic (exact) mass is 272 g/mol. The Balaban J connectivity index is 2.96. The fraction of sp³-hybridized carbons (Fsp3) is 0.600. The molecule has 0 amide bonds. The van der Waals surface area contributed by atoms with E-state index in [2.05, 4.69) is 10.2 Å².